The van der Waals surface area contributed by atoms with Crippen LogP contribution in [0.3, 0.4) is 0 Å². The maximum atomic E-state index is 12.2. The van der Waals surface area contributed by atoms with E-state index in [1.165, 1.54) is 0 Å². The Balaban J connectivity index is 1.81. The van der Waals surface area contributed by atoms with Crippen LogP contribution < -0.4 is 20.9 Å². The number of amides is 1. The quantitative estimate of drug-likeness (QED) is 0.473. The summed E-state index contributed by atoms with van der Waals surface area (Å²) in [5.41, 5.74) is 0.529. The number of aliphatic imine (C=N–C) groups is 1. The molecule has 0 saturated carbocycles. The summed E-state index contributed by atoms with van der Waals surface area (Å²) in [4.78, 5) is 23.5. The van der Waals surface area contributed by atoms with Crippen LogP contribution in [-0.4, -0.2) is 61.4 Å². The Kier molecular flexibility index (Phi) is 8.95. The maximum absolute atomic E-state index is 12.2. The molecule has 1 amide bonds. The molecule has 1 unspecified atom stereocenters. The van der Waals surface area contributed by atoms with Crippen molar-refractivity contribution in [2.45, 2.75) is 72.1 Å². The van der Waals surface area contributed by atoms with Crippen LogP contribution in [0.2, 0.25) is 0 Å². The second kappa shape index (κ2) is 11.2. The molecule has 0 bridgehead atoms. The SMILES string of the molecule is CN=C(NCC(NC(=O)OC(C)(C)C)C(C)C)NC1CCN(c2cccc(C)n2)CC1. The van der Waals surface area contributed by atoms with Crippen LogP contribution in [0.1, 0.15) is 53.2 Å². The van der Waals surface area contributed by atoms with Gasteiger partial charge in [-0.15, -0.1) is 0 Å². The molecule has 8 heteroatoms. The fourth-order valence-electron chi connectivity index (χ4n) is 3.46. The number of nitrogens with zero attached hydrogens (tertiary/aromatic N) is 3. The molecule has 1 aromatic rings. The van der Waals surface area contributed by atoms with Gasteiger partial charge in [0.25, 0.3) is 0 Å². The molecule has 1 fully saturated rings. The van der Waals surface area contributed by atoms with Gasteiger partial charge in [0.1, 0.15) is 11.4 Å². The Morgan fingerprint density at radius 2 is 1.97 bits per heavy atom. The van der Waals surface area contributed by atoms with E-state index >= 15 is 0 Å². The van der Waals surface area contributed by atoms with Gasteiger partial charge in [0, 0.05) is 38.4 Å². The first-order valence-electron chi connectivity index (χ1n) is 11.2. The molecule has 1 atom stereocenters. The fraction of sp³-hybridized carbons (Fsp3) is 0.696. The Labute approximate surface area is 187 Å². The van der Waals surface area contributed by atoms with E-state index in [0.717, 1.165) is 43.4 Å². The van der Waals surface area contributed by atoms with E-state index in [0.29, 0.717) is 12.6 Å². The number of pyridine rings is 1. The number of aryl methyl sites for hydroxylation is 1. The lowest BCUT2D eigenvalue weighted by Crippen LogP contribution is -2.53. The molecular formula is C23H40N6O2. The molecule has 0 aliphatic carbocycles. The van der Waals surface area contributed by atoms with Crippen molar-refractivity contribution in [3.8, 4) is 0 Å². The monoisotopic (exact) mass is 432 g/mol. The van der Waals surface area contributed by atoms with E-state index in [9.17, 15) is 4.79 Å². The summed E-state index contributed by atoms with van der Waals surface area (Å²) in [6, 6.07) is 6.44. The lowest BCUT2D eigenvalue weighted by molar-refractivity contribution is 0.0491. The van der Waals surface area contributed by atoms with Gasteiger partial charge < -0.3 is 25.6 Å². The summed E-state index contributed by atoms with van der Waals surface area (Å²) in [5, 5.41) is 9.85. The lowest BCUT2D eigenvalue weighted by Gasteiger charge is -2.34. The Bertz CT molecular complexity index is 736. The summed E-state index contributed by atoms with van der Waals surface area (Å²) in [7, 11) is 1.77. The third kappa shape index (κ3) is 8.63. The van der Waals surface area contributed by atoms with Gasteiger partial charge in [-0.3, -0.25) is 4.99 Å². The Morgan fingerprint density at radius 1 is 1.29 bits per heavy atom. The molecule has 1 saturated heterocycles. The summed E-state index contributed by atoms with van der Waals surface area (Å²) < 4.78 is 5.39. The number of ether oxygens (including phenoxy) is 1. The number of carbonyl (C=O) groups is 1. The maximum Gasteiger partial charge on any atom is 0.407 e. The third-order valence-corrected chi connectivity index (χ3v) is 5.25. The van der Waals surface area contributed by atoms with Gasteiger partial charge in [-0.25, -0.2) is 9.78 Å². The Morgan fingerprint density at radius 3 is 2.52 bits per heavy atom. The molecule has 1 aromatic heterocycles. The fourth-order valence-corrected chi connectivity index (χ4v) is 3.46. The minimum absolute atomic E-state index is 0.0670. The number of carbonyl (C=O) groups excluding carboxylic acids is 1. The number of hydrogen-bond acceptors (Lipinski definition) is 5. The van der Waals surface area contributed by atoms with Gasteiger partial charge >= 0.3 is 6.09 Å². The van der Waals surface area contributed by atoms with Crippen LogP contribution in [0.5, 0.6) is 0 Å². The zero-order valence-electron chi connectivity index (χ0n) is 20.2. The largest absolute Gasteiger partial charge is 0.444 e. The number of rotatable bonds is 6. The first kappa shape index (κ1) is 24.8. The average molecular weight is 433 g/mol. The standard InChI is InChI=1S/C23H40N6O2/c1-16(2)19(28-22(30)31-23(4,5)6)15-25-21(24-7)27-18-11-13-29(14-12-18)20-10-8-9-17(3)26-20/h8-10,16,18-19H,11-15H2,1-7H3,(H,28,30)(H2,24,25,27). The van der Waals surface area contributed by atoms with Crippen LogP contribution in [0.15, 0.2) is 23.2 Å². The van der Waals surface area contributed by atoms with Crippen molar-refractivity contribution in [2.75, 3.05) is 31.6 Å². The lowest BCUT2D eigenvalue weighted by atomic mass is 10.0. The van der Waals surface area contributed by atoms with Crippen molar-refractivity contribution < 1.29 is 9.53 Å². The van der Waals surface area contributed by atoms with Crippen LogP contribution in [-0.2, 0) is 4.74 Å². The predicted octanol–water partition coefficient (Wildman–Crippen LogP) is 3.07. The van der Waals surface area contributed by atoms with Gasteiger partial charge in [0.05, 0.1) is 6.04 Å². The van der Waals surface area contributed by atoms with Crippen LogP contribution in [0, 0.1) is 12.8 Å². The molecule has 31 heavy (non-hydrogen) atoms. The van der Waals surface area contributed by atoms with Crippen molar-refractivity contribution >= 4 is 17.9 Å². The molecule has 1 aliphatic heterocycles. The average Bonchev–Trinajstić information content (AvgIpc) is 2.69. The second-order valence-corrected chi connectivity index (χ2v) is 9.49. The first-order chi connectivity index (χ1) is 14.6. The van der Waals surface area contributed by atoms with Crippen LogP contribution >= 0.6 is 0 Å². The first-order valence-corrected chi connectivity index (χ1v) is 11.2. The summed E-state index contributed by atoms with van der Waals surface area (Å²) in [5.74, 6) is 2.06. The van der Waals surface area contributed by atoms with Crippen molar-refractivity contribution in [2.24, 2.45) is 10.9 Å². The minimum atomic E-state index is -0.514. The molecule has 0 radical (unpaired) electrons. The van der Waals surface area contributed by atoms with Gasteiger partial charge in [0.15, 0.2) is 5.96 Å². The topological polar surface area (TPSA) is 90.9 Å². The van der Waals surface area contributed by atoms with E-state index in [2.05, 4.69) is 56.8 Å². The third-order valence-electron chi connectivity index (χ3n) is 5.25. The molecule has 2 heterocycles. The zero-order chi connectivity index (χ0) is 23.0. The van der Waals surface area contributed by atoms with E-state index < -0.39 is 11.7 Å². The molecule has 1 aliphatic rings. The zero-order valence-corrected chi connectivity index (χ0v) is 20.2. The molecule has 2 rings (SSSR count). The number of anilines is 1. The van der Waals surface area contributed by atoms with E-state index in [1.807, 2.05) is 33.8 Å². The number of guanidine groups is 1. The second-order valence-electron chi connectivity index (χ2n) is 9.49. The number of nitrogens with one attached hydrogen (secondary N) is 3. The van der Waals surface area contributed by atoms with Crippen molar-refractivity contribution in [3.05, 3.63) is 23.9 Å². The number of aromatic nitrogens is 1. The molecule has 8 nitrogen and oxygen atoms in total. The van der Waals surface area contributed by atoms with Gasteiger partial charge in [-0.1, -0.05) is 19.9 Å². The van der Waals surface area contributed by atoms with Gasteiger partial charge in [0.2, 0.25) is 0 Å². The molecule has 0 aromatic carbocycles. The normalized spacial score (nSPS) is 16.8. The minimum Gasteiger partial charge on any atom is -0.444 e. The smallest absolute Gasteiger partial charge is 0.407 e. The van der Waals surface area contributed by atoms with E-state index in [1.54, 1.807) is 7.05 Å². The molecular weight excluding hydrogens is 392 g/mol. The predicted molar refractivity (Wildman–Crippen MR) is 127 cm³/mol. The summed E-state index contributed by atoms with van der Waals surface area (Å²) >= 11 is 0. The number of alkyl carbamates (subject to hydrolysis) is 1. The highest BCUT2D eigenvalue weighted by Gasteiger charge is 2.23. The molecule has 3 N–H and O–H groups in total. The van der Waals surface area contributed by atoms with Crippen LogP contribution in [0.25, 0.3) is 0 Å². The highest BCUT2D eigenvalue weighted by atomic mass is 16.6. The Hall–Kier alpha value is -2.51. The van der Waals surface area contributed by atoms with Gasteiger partial charge in [-0.05, 0) is 58.6 Å². The highest BCUT2D eigenvalue weighted by Crippen LogP contribution is 2.18. The molecule has 174 valence electrons. The van der Waals surface area contributed by atoms with Crippen molar-refractivity contribution in [1.82, 2.24) is 20.9 Å². The molecule has 0 spiro atoms. The summed E-state index contributed by atoms with van der Waals surface area (Å²) in [6.45, 7) is 14.3. The van der Waals surface area contributed by atoms with Gasteiger partial charge in [-0.2, -0.15) is 0 Å². The number of piperidine rings is 1. The van der Waals surface area contributed by atoms with Crippen molar-refractivity contribution in [3.63, 3.8) is 0 Å². The van der Waals surface area contributed by atoms with E-state index in [4.69, 9.17) is 4.74 Å². The van der Waals surface area contributed by atoms with Crippen LogP contribution in [0.4, 0.5) is 10.6 Å². The number of hydrogen-bond donors (Lipinski definition) is 3. The highest BCUT2D eigenvalue weighted by molar-refractivity contribution is 5.80. The van der Waals surface area contributed by atoms with E-state index in [-0.39, 0.29) is 12.0 Å². The van der Waals surface area contributed by atoms with Crippen molar-refractivity contribution in [1.29, 1.82) is 0 Å². The summed E-state index contributed by atoms with van der Waals surface area (Å²) in [6.07, 6.45) is 1.63.